The van der Waals surface area contributed by atoms with Crippen LogP contribution in [0.5, 0.6) is 0 Å². The Bertz CT molecular complexity index is 668. The highest BCUT2D eigenvalue weighted by Crippen LogP contribution is 2.28. The third-order valence-electron chi connectivity index (χ3n) is 4.44. The number of hydrogen-bond donors (Lipinski definition) is 2. The molecule has 1 aliphatic rings. The summed E-state index contributed by atoms with van der Waals surface area (Å²) in [5.74, 6) is 1.69. The molecule has 1 aliphatic carbocycles. The van der Waals surface area contributed by atoms with E-state index in [1.54, 1.807) is 13.2 Å². The van der Waals surface area contributed by atoms with Crippen LogP contribution in [0.25, 0.3) is 5.69 Å². The van der Waals surface area contributed by atoms with Gasteiger partial charge in [0.05, 0.1) is 5.69 Å². The van der Waals surface area contributed by atoms with Crippen molar-refractivity contribution in [3.63, 3.8) is 0 Å². The van der Waals surface area contributed by atoms with E-state index in [0.717, 1.165) is 56.7 Å². The van der Waals surface area contributed by atoms with E-state index in [4.69, 9.17) is 4.74 Å². The van der Waals surface area contributed by atoms with Crippen molar-refractivity contribution in [2.75, 3.05) is 33.4 Å². The molecule has 0 amide bonds. The van der Waals surface area contributed by atoms with Gasteiger partial charge in [-0.15, -0.1) is 24.0 Å². The van der Waals surface area contributed by atoms with Gasteiger partial charge in [0.2, 0.25) is 0 Å². The maximum atomic E-state index is 5.64. The second-order valence-electron chi connectivity index (χ2n) is 6.66. The minimum atomic E-state index is 0. The van der Waals surface area contributed by atoms with E-state index in [2.05, 4.69) is 45.0 Å². The highest BCUT2D eigenvalue weighted by Gasteiger charge is 2.20. The van der Waals surface area contributed by atoms with E-state index in [-0.39, 0.29) is 24.0 Å². The second-order valence-corrected chi connectivity index (χ2v) is 6.66. The molecule has 0 unspecified atom stereocenters. The summed E-state index contributed by atoms with van der Waals surface area (Å²) in [7, 11) is 1.80. The summed E-state index contributed by atoms with van der Waals surface area (Å²) in [6, 6.07) is 10.4. The average molecular weight is 483 g/mol. The van der Waals surface area contributed by atoms with E-state index in [1.165, 1.54) is 18.4 Å². The second kappa shape index (κ2) is 12.0. The molecule has 2 N–H and O–H groups in total. The molecule has 0 aliphatic heterocycles. The molecule has 0 saturated heterocycles. The zero-order valence-corrected chi connectivity index (χ0v) is 18.3. The van der Waals surface area contributed by atoms with E-state index >= 15 is 0 Å². The molecule has 2 aromatic rings. The topological polar surface area (TPSA) is 63.5 Å². The summed E-state index contributed by atoms with van der Waals surface area (Å²) in [6.07, 6.45) is 8.38. The molecule has 1 fully saturated rings. The quantitative estimate of drug-likeness (QED) is 0.236. The van der Waals surface area contributed by atoms with Gasteiger partial charge in [0, 0.05) is 45.7 Å². The van der Waals surface area contributed by atoms with Crippen LogP contribution in [0.2, 0.25) is 0 Å². The van der Waals surface area contributed by atoms with Crippen molar-refractivity contribution in [3.8, 4) is 5.69 Å². The largest absolute Gasteiger partial charge is 0.381 e. The number of guanidine groups is 1. The SMILES string of the molecule is CN=C(NCCCOCC1CC1)NCCc1ccc(-n2cccn2)cc1.I. The van der Waals surface area contributed by atoms with Gasteiger partial charge in [-0.2, -0.15) is 5.10 Å². The molecule has 6 nitrogen and oxygen atoms in total. The Morgan fingerprint density at radius 3 is 2.67 bits per heavy atom. The molecule has 3 rings (SSSR count). The highest BCUT2D eigenvalue weighted by molar-refractivity contribution is 14.0. The monoisotopic (exact) mass is 483 g/mol. The summed E-state index contributed by atoms with van der Waals surface area (Å²) in [4.78, 5) is 4.27. The zero-order valence-electron chi connectivity index (χ0n) is 15.9. The van der Waals surface area contributed by atoms with Crippen molar-refractivity contribution in [1.82, 2.24) is 20.4 Å². The van der Waals surface area contributed by atoms with E-state index < -0.39 is 0 Å². The van der Waals surface area contributed by atoms with Crippen LogP contribution < -0.4 is 10.6 Å². The summed E-state index contributed by atoms with van der Waals surface area (Å²) >= 11 is 0. The van der Waals surface area contributed by atoms with Crippen molar-refractivity contribution in [2.24, 2.45) is 10.9 Å². The first-order chi connectivity index (χ1) is 12.8. The molecular weight excluding hydrogens is 453 g/mol. The van der Waals surface area contributed by atoms with Crippen LogP contribution in [-0.4, -0.2) is 49.1 Å². The lowest BCUT2D eigenvalue weighted by atomic mass is 10.1. The minimum Gasteiger partial charge on any atom is -0.381 e. The predicted molar refractivity (Wildman–Crippen MR) is 120 cm³/mol. The van der Waals surface area contributed by atoms with Crippen LogP contribution in [0.4, 0.5) is 0 Å². The molecule has 1 saturated carbocycles. The molecule has 7 heteroatoms. The first-order valence-electron chi connectivity index (χ1n) is 9.46. The number of benzene rings is 1. The van der Waals surface area contributed by atoms with Crippen molar-refractivity contribution in [1.29, 1.82) is 0 Å². The van der Waals surface area contributed by atoms with Crippen LogP contribution in [-0.2, 0) is 11.2 Å². The highest BCUT2D eigenvalue weighted by atomic mass is 127. The van der Waals surface area contributed by atoms with Gasteiger partial charge in [-0.25, -0.2) is 4.68 Å². The minimum absolute atomic E-state index is 0. The fraction of sp³-hybridized carbons (Fsp3) is 0.500. The molecule has 1 aromatic carbocycles. The van der Waals surface area contributed by atoms with Gasteiger partial charge < -0.3 is 15.4 Å². The van der Waals surface area contributed by atoms with E-state index in [1.807, 2.05) is 16.9 Å². The number of nitrogens with zero attached hydrogens (tertiary/aromatic N) is 3. The van der Waals surface area contributed by atoms with Gasteiger partial charge in [0.15, 0.2) is 5.96 Å². The summed E-state index contributed by atoms with van der Waals surface area (Å²) < 4.78 is 7.51. The molecule has 0 radical (unpaired) electrons. The fourth-order valence-corrected chi connectivity index (χ4v) is 2.70. The summed E-state index contributed by atoms with van der Waals surface area (Å²) in [6.45, 7) is 3.48. The van der Waals surface area contributed by atoms with Crippen LogP contribution in [0.3, 0.4) is 0 Å². The van der Waals surface area contributed by atoms with E-state index in [0.29, 0.717) is 0 Å². The van der Waals surface area contributed by atoms with Crippen LogP contribution in [0.15, 0.2) is 47.7 Å². The van der Waals surface area contributed by atoms with Crippen molar-refractivity contribution >= 4 is 29.9 Å². The number of aromatic nitrogens is 2. The Hall–Kier alpha value is -1.61. The standard InChI is InChI=1S/C20H29N5O.HI/c1-21-20(22-11-3-15-26-16-18-4-5-18)23-13-10-17-6-8-19(9-7-17)25-14-2-12-24-25;/h2,6-9,12,14,18H,3-5,10-11,13,15-16H2,1H3,(H2,21,22,23);1H. The zero-order chi connectivity index (χ0) is 18.0. The molecule has 0 atom stereocenters. The van der Waals surface area contributed by atoms with Crippen LogP contribution in [0.1, 0.15) is 24.8 Å². The van der Waals surface area contributed by atoms with Crippen molar-refractivity contribution < 1.29 is 4.74 Å². The lowest BCUT2D eigenvalue weighted by molar-refractivity contribution is 0.123. The van der Waals surface area contributed by atoms with Gasteiger partial charge in [-0.3, -0.25) is 4.99 Å². The lowest BCUT2D eigenvalue weighted by Gasteiger charge is -2.12. The number of aliphatic imine (C=N–C) groups is 1. The van der Waals surface area contributed by atoms with Gasteiger partial charge in [-0.1, -0.05) is 12.1 Å². The Kier molecular flexibility index (Phi) is 9.61. The van der Waals surface area contributed by atoms with Gasteiger partial charge in [-0.05, 0) is 55.4 Å². The molecule has 148 valence electrons. The van der Waals surface area contributed by atoms with Crippen LogP contribution >= 0.6 is 24.0 Å². The normalized spacial score (nSPS) is 13.9. The Labute approximate surface area is 178 Å². The van der Waals surface area contributed by atoms with Gasteiger partial charge in [0.1, 0.15) is 0 Å². The van der Waals surface area contributed by atoms with Gasteiger partial charge in [0.25, 0.3) is 0 Å². The molecule has 1 heterocycles. The maximum Gasteiger partial charge on any atom is 0.190 e. The molecule has 0 spiro atoms. The third kappa shape index (κ3) is 7.88. The molecule has 1 aromatic heterocycles. The molecule has 27 heavy (non-hydrogen) atoms. The Balaban J connectivity index is 0.00000261. The number of nitrogens with one attached hydrogen (secondary N) is 2. The number of hydrogen-bond acceptors (Lipinski definition) is 3. The first-order valence-corrected chi connectivity index (χ1v) is 9.46. The van der Waals surface area contributed by atoms with Crippen molar-refractivity contribution in [3.05, 3.63) is 48.3 Å². The van der Waals surface area contributed by atoms with Crippen molar-refractivity contribution in [2.45, 2.75) is 25.7 Å². The fourth-order valence-electron chi connectivity index (χ4n) is 2.70. The van der Waals surface area contributed by atoms with E-state index in [9.17, 15) is 0 Å². The number of ether oxygens (including phenoxy) is 1. The first kappa shape index (κ1) is 21.7. The average Bonchev–Trinajstić information content (AvgIpc) is 3.34. The summed E-state index contributed by atoms with van der Waals surface area (Å²) in [5, 5.41) is 10.9. The Morgan fingerprint density at radius 2 is 2.00 bits per heavy atom. The number of rotatable bonds is 10. The third-order valence-corrected chi connectivity index (χ3v) is 4.44. The number of halogens is 1. The maximum absolute atomic E-state index is 5.64. The molecular formula is C20H30IN5O. The summed E-state index contributed by atoms with van der Waals surface area (Å²) in [5.41, 5.74) is 2.37. The van der Waals surface area contributed by atoms with Crippen LogP contribution in [0, 0.1) is 5.92 Å². The smallest absolute Gasteiger partial charge is 0.190 e. The van der Waals surface area contributed by atoms with Gasteiger partial charge >= 0.3 is 0 Å². The Morgan fingerprint density at radius 1 is 1.22 bits per heavy atom. The predicted octanol–water partition coefficient (Wildman–Crippen LogP) is 3.01. The lowest BCUT2D eigenvalue weighted by Crippen LogP contribution is -2.39. The molecule has 0 bridgehead atoms.